The summed E-state index contributed by atoms with van der Waals surface area (Å²) in [5.74, 6) is 0.131. The number of nitrogens with zero attached hydrogens (tertiary/aromatic N) is 3. The molecule has 0 fully saturated rings. The quantitative estimate of drug-likeness (QED) is 0.447. The number of ether oxygens (including phenoxy) is 1. The van der Waals surface area contributed by atoms with Gasteiger partial charge in [0.25, 0.3) is 0 Å². The van der Waals surface area contributed by atoms with Crippen LogP contribution in [0.5, 0.6) is 0 Å². The van der Waals surface area contributed by atoms with Crippen molar-refractivity contribution in [2.24, 2.45) is 5.11 Å². The Kier molecular flexibility index (Phi) is 5.38. The van der Waals surface area contributed by atoms with Crippen LogP contribution in [-0.4, -0.2) is 11.7 Å². The van der Waals surface area contributed by atoms with Gasteiger partial charge in [0.15, 0.2) is 0 Å². The maximum absolute atomic E-state index is 11.8. The first-order valence-electron chi connectivity index (χ1n) is 9.05. The molecule has 2 atom stereocenters. The Morgan fingerprint density at radius 1 is 1.22 bits per heavy atom. The van der Waals surface area contributed by atoms with Gasteiger partial charge >= 0.3 is 6.09 Å². The number of rotatable bonds is 4. The van der Waals surface area contributed by atoms with Crippen molar-refractivity contribution in [3.05, 3.63) is 81.2 Å². The van der Waals surface area contributed by atoms with Gasteiger partial charge in [0.1, 0.15) is 5.60 Å². The van der Waals surface area contributed by atoms with E-state index in [9.17, 15) is 4.79 Å². The number of azide groups is 1. The molecule has 2 aromatic rings. The molecule has 1 aliphatic carbocycles. The van der Waals surface area contributed by atoms with Gasteiger partial charge in [0.2, 0.25) is 0 Å². The first-order valence-corrected chi connectivity index (χ1v) is 9.05. The van der Waals surface area contributed by atoms with E-state index in [1.165, 1.54) is 5.56 Å². The molecule has 3 rings (SSSR count). The molecule has 1 amide bonds. The van der Waals surface area contributed by atoms with Crippen LogP contribution in [-0.2, 0) is 17.7 Å². The lowest BCUT2D eigenvalue weighted by molar-refractivity contribution is 0.0523. The third-order valence-corrected chi connectivity index (χ3v) is 4.61. The predicted molar refractivity (Wildman–Crippen MR) is 104 cm³/mol. The van der Waals surface area contributed by atoms with Crippen molar-refractivity contribution in [2.75, 3.05) is 0 Å². The van der Waals surface area contributed by atoms with E-state index >= 15 is 0 Å². The highest BCUT2D eigenvalue weighted by molar-refractivity contribution is 5.67. The summed E-state index contributed by atoms with van der Waals surface area (Å²) in [6, 6.07) is 16.0. The number of hydrogen-bond acceptors (Lipinski definition) is 3. The van der Waals surface area contributed by atoms with Gasteiger partial charge in [-0.05, 0) is 55.0 Å². The van der Waals surface area contributed by atoms with Crippen LogP contribution in [0.2, 0.25) is 0 Å². The van der Waals surface area contributed by atoms with Crippen LogP contribution < -0.4 is 5.32 Å². The van der Waals surface area contributed by atoms with E-state index in [-0.39, 0.29) is 12.0 Å². The van der Waals surface area contributed by atoms with E-state index in [0.717, 1.165) is 23.1 Å². The Bertz CT molecular complexity index is 864. The highest BCUT2D eigenvalue weighted by Gasteiger charge is 2.32. The molecule has 0 saturated carbocycles. The van der Waals surface area contributed by atoms with Gasteiger partial charge in [-0.15, -0.1) is 0 Å². The van der Waals surface area contributed by atoms with Gasteiger partial charge in [0.05, 0.1) is 6.04 Å². The van der Waals surface area contributed by atoms with E-state index in [2.05, 4.69) is 21.4 Å². The summed E-state index contributed by atoms with van der Waals surface area (Å²) < 4.78 is 5.24. The largest absolute Gasteiger partial charge is 0.444 e. The second-order valence-corrected chi connectivity index (χ2v) is 7.76. The lowest BCUT2D eigenvalue weighted by Gasteiger charge is -2.20. The topological polar surface area (TPSA) is 87.1 Å². The number of carbonyl (C=O) groups is 1. The molecule has 1 N–H and O–H groups in total. The maximum Gasteiger partial charge on any atom is 0.407 e. The number of carbonyl (C=O) groups excluding carboxylic acids is 1. The minimum atomic E-state index is -0.512. The number of benzene rings is 2. The normalized spacial score (nSPS) is 18.3. The SMILES string of the molecule is CC(C)(C)OC(=O)NCc1ccc([C@H]2Cc3ccccc3[C@@H]2N=[N+]=[N-])cc1. The van der Waals surface area contributed by atoms with Gasteiger partial charge in [-0.1, -0.05) is 53.6 Å². The molecule has 6 nitrogen and oxygen atoms in total. The lowest BCUT2D eigenvalue weighted by Crippen LogP contribution is -2.32. The molecular formula is C21H24N4O2. The maximum atomic E-state index is 11.8. The molecule has 0 aromatic heterocycles. The third-order valence-electron chi connectivity index (χ3n) is 4.61. The Labute approximate surface area is 159 Å². The van der Waals surface area contributed by atoms with Crippen molar-refractivity contribution in [3.8, 4) is 0 Å². The second kappa shape index (κ2) is 7.72. The predicted octanol–water partition coefficient (Wildman–Crippen LogP) is 5.40. The summed E-state index contributed by atoms with van der Waals surface area (Å²) in [6.07, 6.45) is 0.427. The Morgan fingerprint density at radius 2 is 1.93 bits per heavy atom. The molecule has 27 heavy (non-hydrogen) atoms. The van der Waals surface area contributed by atoms with Gasteiger partial charge in [-0.3, -0.25) is 0 Å². The van der Waals surface area contributed by atoms with Gasteiger partial charge < -0.3 is 10.1 Å². The summed E-state index contributed by atoms with van der Waals surface area (Å²) >= 11 is 0. The number of nitrogens with one attached hydrogen (secondary N) is 1. The Morgan fingerprint density at radius 3 is 2.59 bits per heavy atom. The van der Waals surface area contributed by atoms with Crippen molar-refractivity contribution in [1.82, 2.24) is 5.32 Å². The summed E-state index contributed by atoms with van der Waals surface area (Å²) in [6.45, 7) is 5.91. The zero-order valence-corrected chi connectivity index (χ0v) is 15.8. The fourth-order valence-electron chi connectivity index (χ4n) is 3.44. The number of hydrogen-bond donors (Lipinski definition) is 1. The van der Waals surface area contributed by atoms with Crippen LogP contribution >= 0.6 is 0 Å². The number of amides is 1. The Hall–Kier alpha value is -2.98. The summed E-state index contributed by atoms with van der Waals surface area (Å²) in [4.78, 5) is 14.8. The first-order chi connectivity index (χ1) is 12.9. The van der Waals surface area contributed by atoms with E-state index in [4.69, 9.17) is 10.3 Å². The molecule has 0 saturated heterocycles. The molecule has 0 aliphatic heterocycles. The van der Waals surface area contributed by atoms with Crippen molar-refractivity contribution in [2.45, 2.75) is 51.3 Å². The second-order valence-electron chi connectivity index (χ2n) is 7.76. The molecule has 0 unspecified atom stereocenters. The molecule has 2 aromatic carbocycles. The summed E-state index contributed by atoms with van der Waals surface area (Å²) in [5.41, 5.74) is 12.9. The third kappa shape index (κ3) is 4.60. The van der Waals surface area contributed by atoms with Crippen molar-refractivity contribution in [1.29, 1.82) is 0 Å². The van der Waals surface area contributed by atoms with Gasteiger partial charge in [-0.2, -0.15) is 0 Å². The van der Waals surface area contributed by atoms with Crippen LogP contribution in [0.3, 0.4) is 0 Å². The smallest absolute Gasteiger partial charge is 0.407 e. The van der Waals surface area contributed by atoms with Crippen LogP contribution in [0.1, 0.15) is 55.0 Å². The molecule has 0 bridgehead atoms. The van der Waals surface area contributed by atoms with Crippen molar-refractivity contribution < 1.29 is 9.53 Å². The van der Waals surface area contributed by atoms with Crippen LogP contribution in [0.15, 0.2) is 53.6 Å². The van der Waals surface area contributed by atoms with Crippen LogP contribution in [0.25, 0.3) is 10.4 Å². The molecular weight excluding hydrogens is 340 g/mol. The van der Waals surface area contributed by atoms with Crippen LogP contribution in [0.4, 0.5) is 4.79 Å². The van der Waals surface area contributed by atoms with E-state index < -0.39 is 11.7 Å². The zero-order chi connectivity index (χ0) is 19.4. The fourth-order valence-corrected chi connectivity index (χ4v) is 3.44. The highest BCUT2D eigenvalue weighted by Crippen LogP contribution is 2.44. The monoisotopic (exact) mass is 364 g/mol. The summed E-state index contributed by atoms with van der Waals surface area (Å²) in [5, 5.41) is 6.81. The average molecular weight is 364 g/mol. The zero-order valence-electron chi connectivity index (χ0n) is 15.8. The first kappa shape index (κ1) is 18.8. The standard InChI is InChI=1S/C21H24N4O2/c1-21(2,3)27-20(26)23-13-14-8-10-15(11-9-14)18-12-16-6-4-5-7-17(16)19(18)24-25-22/h4-11,18-19H,12-13H2,1-3H3,(H,23,26)/t18-,19+/m1/s1. The average Bonchev–Trinajstić information content (AvgIpc) is 2.98. The van der Waals surface area contributed by atoms with E-state index in [1.54, 1.807) is 0 Å². The van der Waals surface area contributed by atoms with Crippen LogP contribution in [0, 0.1) is 0 Å². The molecule has 0 radical (unpaired) electrons. The molecule has 0 spiro atoms. The van der Waals surface area contributed by atoms with Crippen molar-refractivity contribution >= 4 is 6.09 Å². The van der Waals surface area contributed by atoms with Crippen molar-refractivity contribution in [3.63, 3.8) is 0 Å². The van der Waals surface area contributed by atoms with Gasteiger partial charge in [0, 0.05) is 17.4 Å². The molecule has 6 heteroatoms. The lowest BCUT2D eigenvalue weighted by atomic mass is 9.92. The summed E-state index contributed by atoms with van der Waals surface area (Å²) in [7, 11) is 0. The van der Waals surface area contributed by atoms with E-state index in [1.807, 2.05) is 63.2 Å². The molecule has 1 aliphatic rings. The minimum absolute atomic E-state index is 0.131. The highest BCUT2D eigenvalue weighted by atomic mass is 16.6. The number of fused-ring (bicyclic) bond motifs is 1. The fraction of sp³-hybridized carbons (Fsp3) is 0.381. The minimum Gasteiger partial charge on any atom is -0.444 e. The molecule has 0 heterocycles. The van der Waals surface area contributed by atoms with Gasteiger partial charge in [-0.25, -0.2) is 4.79 Å². The number of alkyl carbamates (subject to hydrolysis) is 1. The molecule has 140 valence electrons. The van der Waals surface area contributed by atoms with E-state index in [0.29, 0.717) is 6.54 Å². The Balaban J connectivity index is 1.69.